The standard InChI is InChI=1S/C7H8N2O3/c1-2-12-7(11)6(10)5-3-4-8-9-5/h3-4H,2H2,1H3,(H,8,9). The van der Waals surface area contributed by atoms with Crippen molar-refractivity contribution in [3.05, 3.63) is 18.0 Å². The van der Waals surface area contributed by atoms with E-state index in [-0.39, 0.29) is 12.3 Å². The third kappa shape index (κ3) is 1.69. The van der Waals surface area contributed by atoms with Crippen LogP contribution in [0.4, 0.5) is 0 Å². The van der Waals surface area contributed by atoms with Gasteiger partial charge in [-0.15, -0.1) is 0 Å². The second-order valence-electron chi connectivity index (χ2n) is 2.02. The Morgan fingerprint density at radius 1 is 1.67 bits per heavy atom. The summed E-state index contributed by atoms with van der Waals surface area (Å²) >= 11 is 0. The first-order valence-corrected chi connectivity index (χ1v) is 3.46. The zero-order valence-corrected chi connectivity index (χ0v) is 6.53. The number of H-pyrrole nitrogens is 1. The maximum Gasteiger partial charge on any atom is 0.381 e. The average molecular weight is 168 g/mol. The Balaban J connectivity index is 2.66. The van der Waals surface area contributed by atoms with Crippen molar-refractivity contribution in [3.8, 4) is 0 Å². The number of hydrogen-bond acceptors (Lipinski definition) is 4. The van der Waals surface area contributed by atoms with Crippen LogP contribution in [0, 0.1) is 0 Å². The summed E-state index contributed by atoms with van der Waals surface area (Å²) in [7, 11) is 0. The predicted octanol–water partition coefficient (Wildman–Crippen LogP) is 0.156. The number of nitrogens with one attached hydrogen (secondary N) is 1. The van der Waals surface area contributed by atoms with E-state index in [1.807, 2.05) is 0 Å². The molecule has 1 aromatic rings. The fourth-order valence-electron chi connectivity index (χ4n) is 0.689. The van der Waals surface area contributed by atoms with Crippen molar-refractivity contribution in [2.75, 3.05) is 6.61 Å². The molecule has 1 N–H and O–H groups in total. The minimum Gasteiger partial charge on any atom is -0.460 e. The molecule has 1 heterocycles. The summed E-state index contributed by atoms with van der Waals surface area (Å²) in [5, 5.41) is 5.91. The Labute approximate surface area is 68.7 Å². The van der Waals surface area contributed by atoms with Gasteiger partial charge in [-0.1, -0.05) is 0 Å². The third-order valence-corrected chi connectivity index (χ3v) is 1.21. The van der Waals surface area contributed by atoms with Gasteiger partial charge in [-0.25, -0.2) is 4.79 Å². The summed E-state index contributed by atoms with van der Waals surface area (Å²) in [5.41, 5.74) is 0.147. The van der Waals surface area contributed by atoms with Crippen molar-refractivity contribution >= 4 is 11.8 Å². The third-order valence-electron chi connectivity index (χ3n) is 1.21. The van der Waals surface area contributed by atoms with Gasteiger partial charge in [-0.2, -0.15) is 5.10 Å². The van der Waals surface area contributed by atoms with Gasteiger partial charge >= 0.3 is 5.97 Å². The molecule has 0 unspecified atom stereocenters. The maximum atomic E-state index is 11.0. The fraction of sp³-hybridized carbons (Fsp3) is 0.286. The van der Waals surface area contributed by atoms with Crippen LogP contribution >= 0.6 is 0 Å². The summed E-state index contributed by atoms with van der Waals surface area (Å²) < 4.78 is 4.49. The minimum atomic E-state index is -0.859. The van der Waals surface area contributed by atoms with Crippen molar-refractivity contribution < 1.29 is 14.3 Å². The smallest absolute Gasteiger partial charge is 0.381 e. The van der Waals surface area contributed by atoms with Crippen molar-refractivity contribution in [1.29, 1.82) is 0 Å². The number of hydrogen-bond donors (Lipinski definition) is 1. The lowest BCUT2D eigenvalue weighted by Crippen LogP contribution is -2.17. The second kappa shape index (κ2) is 3.66. The van der Waals surface area contributed by atoms with Crippen molar-refractivity contribution in [1.82, 2.24) is 10.2 Å². The molecule has 0 spiro atoms. The van der Waals surface area contributed by atoms with Crippen LogP contribution in [0.25, 0.3) is 0 Å². The van der Waals surface area contributed by atoms with Crippen LogP contribution in [0.2, 0.25) is 0 Å². The normalized spacial score (nSPS) is 9.42. The molecule has 0 aliphatic carbocycles. The van der Waals surface area contributed by atoms with Crippen molar-refractivity contribution in [2.24, 2.45) is 0 Å². The first-order chi connectivity index (χ1) is 5.75. The molecule has 0 atom stereocenters. The van der Waals surface area contributed by atoms with Gasteiger partial charge in [0.1, 0.15) is 5.69 Å². The van der Waals surface area contributed by atoms with E-state index >= 15 is 0 Å². The average Bonchev–Trinajstić information content (AvgIpc) is 2.55. The lowest BCUT2D eigenvalue weighted by Gasteiger charge is -1.96. The molecular formula is C7H8N2O3. The van der Waals surface area contributed by atoms with Gasteiger partial charge in [0, 0.05) is 6.20 Å². The fourth-order valence-corrected chi connectivity index (χ4v) is 0.689. The summed E-state index contributed by atoms with van der Waals surface area (Å²) in [6.45, 7) is 1.83. The lowest BCUT2D eigenvalue weighted by atomic mass is 10.3. The molecule has 64 valence electrons. The van der Waals surface area contributed by atoms with Crippen LogP contribution in [0.1, 0.15) is 17.4 Å². The number of ketones is 1. The van der Waals surface area contributed by atoms with Crippen molar-refractivity contribution in [3.63, 3.8) is 0 Å². The molecule has 0 saturated carbocycles. The zero-order chi connectivity index (χ0) is 8.97. The number of rotatable bonds is 3. The molecule has 1 rings (SSSR count). The topological polar surface area (TPSA) is 72.1 Å². The minimum absolute atomic E-state index is 0.147. The van der Waals surface area contributed by atoms with Crippen LogP contribution in [-0.4, -0.2) is 28.6 Å². The number of carbonyl (C=O) groups excluding carboxylic acids is 2. The van der Waals surface area contributed by atoms with E-state index in [1.165, 1.54) is 12.3 Å². The van der Waals surface area contributed by atoms with E-state index in [0.717, 1.165) is 0 Å². The highest BCUT2D eigenvalue weighted by atomic mass is 16.5. The molecule has 0 radical (unpaired) electrons. The first-order valence-electron chi connectivity index (χ1n) is 3.46. The van der Waals surface area contributed by atoms with E-state index in [2.05, 4.69) is 14.9 Å². The number of Topliss-reactive ketones (excluding diaryl/α,β-unsaturated/α-hetero) is 1. The first kappa shape index (κ1) is 8.45. The molecule has 1 aromatic heterocycles. The number of aromatic amines is 1. The van der Waals surface area contributed by atoms with E-state index < -0.39 is 11.8 Å². The molecule has 0 aliphatic rings. The Morgan fingerprint density at radius 3 is 2.92 bits per heavy atom. The highest BCUT2D eigenvalue weighted by molar-refractivity contribution is 6.40. The number of carbonyl (C=O) groups is 2. The van der Waals surface area contributed by atoms with Gasteiger partial charge < -0.3 is 4.74 Å². The largest absolute Gasteiger partial charge is 0.460 e. The molecule has 0 saturated heterocycles. The molecule has 0 aliphatic heterocycles. The van der Waals surface area contributed by atoms with Crippen LogP contribution < -0.4 is 0 Å². The Morgan fingerprint density at radius 2 is 2.42 bits per heavy atom. The summed E-state index contributed by atoms with van der Waals surface area (Å²) in [6.07, 6.45) is 1.40. The quantitative estimate of drug-likeness (QED) is 0.396. The molecule has 0 bridgehead atoms. The number of nitrogens with zero attached hydrogens (tertiary/aromatic N) is 1. The van der Waals surface area contributed by atoms with E-state index in [4.69, 9.17) is 0 Å². The van der Waals surface area contributed by atoms with Crippen LogP contribution in [0.5, 0.6) is 0 Å². The van der Waals surface area contributed by atoms with Gasteiger partial charge in [0.05, 0.1) is 6.61 Å². The molecule has 5 heteroatoms. The maximum absolute atomic E-state index is 11.0. The van der Waals surface area contributed by atoms with E-state index in [9.17, 15) is 9.59 Å². The highest BCUT2D eigenvalue weighted by Gasteiger charge is 2.17. The molecule has 12 heavy (non-hydrogen) atoms. The summed E-state index contributed by atoms with van der Waals surface area (Å²) in [6, 6.07) is 1.42. The van der Waals surface area contributed by atoms with Crippen molar-refractivity contribution in [2.45, 2.75) is 6.92 Å². The number of esters is 1. The van der Waals surface area contributed by atoms with E-state index in [1.54, 1.807) is 6.92 Å². The molecule has 0 fully saturated rings. The van der Waals surface area contributed by atoms with E-state index in [0.29, 0.717) is 0 Å². The summed E-state index contributed by atoms with van der Waals surface area (Å²) in [4.78, 5) is 21.9. The van der Waals surface area contributed by atoms with Crippen LogP contribution in [0.3, 0.4) is 0 Å². The predicted molar refractivity (Wildman–Crippen MR) is 39.6 cm³/mol. The summed E-state index contributed by atoms with van der Waals surface area (Å²) in [5.74, 6) is -1.56. The Bertz CT molecular complexity index is 279. The van der Waals surface area contributed by atoms with Gasteiger partial charge in [0.25, 0.3) is 5.78 Å². The van der Waals surface area contributed by atoms with Gasteiger partial charge in [0.15, 0.2) is 0 Å². The van der Waals surface area contributed by atoms with Gasteiger partial charge in [-0.05, 0) is 13.0 Å². The SMILES string of the molecule is CCOC(=O)C(=O)c1ccn[nH]1. The Hall–Kier alpha value is -1.65. The van der Waals surface area contributed by atoms with Crippen LogP contribution in [0.15, 0.2) is 12.3 Å². The molecule has 0 amide bonds. The molecule has 5 nitrogen and oxygen atoms in total. The monoisotopic (exact) mass is 168 g/mol. The number of ether oxygens (including phenoxy) is 1. The zero-order valence-electron chi connectivity index (χ0n) is 6.53. The lowest BCUT2D eigenvalue weighted by molar-refractivity contribution is -0.137. The van der Waals surface area contributed by atoms with Gasteiger partial charge in [-0.3, -0.25) is 9.89 Å². The highest BCUT2D eigenvalue weighted by Crippen LogP contribution is 1.95. The Kier molecular flexibility index (Phi) is 2.57. The molecule has 0 aromatic carbocycles. The van der Waals surface area contributed by atoms with Crippen LogP contribution in [-0.2, 0) is 9.53 Å². The van der Waals surface area contributed by atoms with Gasteiger partial charge in [0.2, 0.25) is 0 Å². The number of aromatic nitrogens is 2. The second-order valence-corrected chi connectivity index (χ2v) is 2.02. The molecular weight excluding hydrogens is 160 g/mol.